The van der Waals surface area contributed by atoms with Gasteiger partial charge in [0.2, 0.25) is 11.8 Å². The molecule has 8 heteroatoms. The van der Waals surface area contributed by atoms with Crippen molar-refractivity contribution in [2.75, 3.05) is 6.61 Å². The number of aromatic nitrogens is 1. The van der Waals surface area contributed by atoms with Crippen LogP contribution < -0.4 is 4.74 Å². The summed E-state index contributed by atoms with van der Waals surface area (Å²) in [7, 11) is 0. The third kappa shape index (κ3) is 3.05. The normalized spacial score (nSPS) is 24.1. The molecule has 182 valence electrons. The zero-order chi connectivity index (χ0) is 25.2. The molecule has 0 radical (unpaired) electrons. The van der Waals surface area contributed by atoms with Crippen molar-refractivity contribution < 1.29 is 24.8 Å². The highest BCUT2D eigenvalue weighted by Gasteiger charge is 2.66. The zero-order valence-electron chi connectivity index (χ0n) is 19.4. The van der Waals surface area contributed by atoms with Crippen molar-refractivity contribution in [3.8, 4) is 23.2 Å². The Kier molecular flexibility index (Phi) is 4.99. The molecule has 3 N–H and O–H groups in total. The van der Waals surface area contributed by atoms with Crippen LogP contribution in [0.15, 0.2) is 60.7 Å². The van der Waals surface area contributed by atoms with Gasteiger partial charge in [-0.25, -0.2) is 4.85 Å². The zero-order valence-corrected chi connectivity index (χ0v) is 20.2. The lowest BCUT2D eigenvalue weighted by molar-refractivity contribution is -0.107. The largest absolute Gasteiger partial charge is 0.494 e. The summed E-state index contributed by atoms with van der Waals surface area (Å²) in [6.07, 6.45) is -0.263. The van der Waals surface area contributed by atoms with Crippen molar-refractivity contribution in [2.24, 2.45) is 0 Å². The van der Waals surface area contributed by atoms with Crippen LogP contribution in [0.5, 0.6) is 17.5 Å². The van der Waals surface area contributed by atoms with Crippen LogP contribution in [0.4, 0.5) is 5.69 Å². The number of aliphatic hydroxyl groups is 1. The Morgan fingerprint density at radius 1 is 1.06 bits per heavy atom. The Labute approximate surface area is 212 Å². The summed E-state index contributed by atoms with van der Waals surface area (Å²) in [5, 5.41) is 36.0. The second kappa shape index (κ2) is 7.90. The molecule has 36 heavy (non-hydrogen) atoms. The molecular weight excluding hydrogens is 480 g/mol. The van der Waals surface area contributed by atoms with E-state index in [4.69, 9.17) is 27.6 Å². The quantitative estimate of drug-likeness (QED) is 0.295. The Balaban J connectivity index is 1.45. The Bertz CT molecular complexity index is 1560. The minimum Gasteiger partial charge on any atom is -0.494 e. The van der Waals surface area contributed by atoms with E-state index in [1.165, 1.54) is 4.57 Å². The second-order valence-electron chi connectivity index (χ2n) is 9.47. The van der Waals surface area contributed by atoms with Gasteiger partial charge >= 0.3 is 0 Å². The van der Waals surface area contributed by atoms with Gasteiger partial charge in [0.1, 0.15) is 17.0 Å². The lowest BCUT2D eigenvalue weighted by Crippen LogP contribution is -2.33. The van der Waals surface area contributed by atoms with Gasteiger partial charge in [0.25, 0.3) is 0 Å². The average molecular weight is 503 g/mol. The molecule has 4 aromatic rings. The van der Waals surface area contributed by atoms with Crippen molar-refractivity contribution in [1.82, 2.24) is 4.57 Å². The van der Waals surface area contributed by atoms with E-state index in [9.17, 15) is 15.3 Å². The minimum absolute atomic E-state index is 0.148. The van der Waals surface area contributed by atoms with E-state index in [0.717, 1.165) is 0 Å². The Morgan fingerprint density at radius 3 is 2.47 bits per heavy atom. The summed E-state index contributed by atoms with van der Waals surface area (Å²) in [6.45, 7) is 9.48. The average Bonchev–Trinajstić information content (AvgIpc) is 3.41. The van der Waals surface area contributed by atoms with E-state index in [-0.39, 0.29) is 24.8 Å². The first-order valence-corrected chi connectivity index (χ1v) is 12.0. The molecule has 7 nitrogen and oxygen atoms in total. The predicted octanol–water partition coefficient (Wildman–Crippen LogP) is 5.92. The fourth-order valence-corrected chi connectivity index (χ4v) is 5.90. The van der Waals surface area contributed by atoms with Gasteiger partial charge in [-0.1, -0.05) is 41.9 Å². The third-order valence-corrected chi connectivity index (χ3v) is 7.72. The predicted molar refractivity (Wildman–Crippen MR) is 135 cm³/mol. The van der Waals surface area contributed by atoms with E-state index in [0.29, 0.717) is 50.5 Å². The summed E-state index contributed by atoms with van der Waals surface area (Å²) < 4.78 is 13.7. The summed E-state index contributed by atoms with van der Waals surface area (Å²) in [6, 6.07) is 17.8. The Morgan fingerprint density at radius 2 is 1.75 bits per heavy atom. The number of hydrogen-bond acceptors (Lipinski definition) is 5. The highest BCUT2D eigenvalue weighted by Crippen LogP contribution is 2.65. The van der Waals surface area contributed by atoms with Crippen LogP contribution in [0.2, 0.25) is 5.02 Å². The summed E-state index contributed by atoms with van der Waals surface area (Å²) in [5.74, 6) is 0.307. The van der Waals surface area contributed by atoms with Gasteiger partial charge in [0.05, 0.1) is 36.1 Å². The third-order valence-electron chi connectivity index (χ3n) is 7.47. The second-order valence-corrected chi connectivity index (χ2v) is 9.91. The van der Waals surface area contributed by atoms with Gasteiger partial charge in [-0.15, -0.1) is 0 Å². The maximum absolute atomic E-state index is 11.5. The van der Waals surface area contributed by atoms with Crippen LogP contribution in [0, 0.1) is 6.57 Å². The fraction of sp³-hybridized carbons (Fsp3) is 0.250. The van der Waals surface area contributed by atoms with Crippen molar-refractivity contribution in [1.29, 1.82) is 0 Å². The first-order valence-electron chi connectivity index (χ1n) is 11.6. The van der Waals surface area contributed by atoms with Gasteiger partial charge in [-0.05, 0) is 48.0 Å². The van der Waals surface area contributed by atoms with E-state index >= 15 is 0 Å². The van der Waals surface area contributed by atoms with E-state index in [2.05, 4.69) is 4.85 Å². The molecule has 2 unspecified atom stereocenters. The number of nitrogens with zero attached hydrogens (tertiary/aromatic N) is 2. The van der Waals surface area contributed by atoms with Crippen LogP contribution in [0.3, 0.4) is 0 Å². The van der Waals surface area contributed by atoms with Gasteiger partial charge in [0, 0.05) is 17.9 Å². The number of ether oxygens (including phenoxy) is 2. The van der Waals surface area contributed by atoms with Gasteiger partial charge < -0.3 is 24.8 Å². The molecule has 0 amide bonds. The molecule has 2 bridgehead atoms. The van der Waals surface area contributed by atoms with Crippen LogP contribution >= 0.6 is 11.6 Å². The van der Waals surface area contributed by atoms with Crippen molar-refractivity contribution in [2.45, 2.75) is 37.1 Å². The summed E-state index contributed by atoms with van der Waals surface area (Å²) in [5.41, 5.74) is -0.361. The molecule has 0 spiro atoms. The fourth-order valence-electron chi connectivity index (χ4n) is 5.77. The monoisotopic (exact) mass is 502 g/mol. The first kappa shape index (κ1) is 22.7. The number of hydrogen-bond donors (Lipinski definition) is 3. The van der Waals surface area contributed by atoms with Gasteiger partial charge in [0.15, 0.2) is 5.69 Å². The number of benzene rings is 3. The topological polar surface area (TPSA) is 88.4 Å². The van der Waals surface area contributed by atoms with Crippen molar-refractivity contribution in [3.63, 3.8) is 0 Å². The maximum Gasteiger partial charge on any atom is 0.205 e. The smallest absolute Gasteiger partial charge is 0.205 e. The standard InChI is InChI=1S/C28H23ClN2O5/c1-27-22(32)15-28(36-27,13-14-35-17-9-7-16(29)8-10-17)24-23(27)25(33)31(26(24)34)21-12-11-20(30-2)18-5-3-4-6-19(18)21/h3-12,22,32-34H,13-15H2,1H3/t22-,27?,28?/m1/s1. The molecular formula is C28H23ClN2O5. The van der Waals surface area contributed by atoms with Crippen LogP contribution in [-0.2, 0) is 15.9 Å². The molecule has 3 heterocycles. The molecule has 3 aromatic carbocycles. The van der Waals surface area contributed by atoms with E-state index < -0.39 is 17.3 Å². The van der Waals surface area contributed by atoms with Gasteiger partial charge in [-0.3, -0.25) is 4.57 Å². The lowest BCUT2D eigenvalue weighted by Gasteiger charge is -2.26. The first-order chi connectivity index (χ1) is 17.3. The SMILES string of the molecule is [C-]#[N+]c1ccc(-n2c(O)c3c(c2O)C2(C)OC3(CCOc3ccc(Cl)cc3)C[C@H]2O)c2ccccc12. The van der Waals surface area contributed by atoms with E-state index in [1.807, 2.05) is 24.3 Å². The molecule has 6 rings (SSSR count). The molecule has 1 fully saturated rings. The molecule has 1 saturated heterocycles. The summed E-state index contributed by atoms with van der Waals surface area (Å²) >= 11 is 5.95. The van der Waals surface area contributed by atoms with Crippen molar-refractivity contribution in [3.05, 3.63) is 88.2 Å². The highest BCUT2D eigenvalue weighted by atomic mass is 35.5. The molecule has 1 aromatic heterocycles. The van der Waals surface area contributed by atoms with Crippen LogP contribution in [0.25, 0.3) is 21.3 Å². The van der Waals surface area contributed by atoms with Gasteiger partial charge in [-0.2, -0.15) is 0 Å². The lowest BCUT2D eigenvalue weighted by atomic mass is 9.76. The molecule has 0 aliphatic carbocycles. The molecule has 0 saturated carbocycles. The minimum atomic E-state index is -1.19. The molecule has 2 aliphatic heterocycles. The summed E-state index contributed by atoms with van der Waals surface area (Å²) in [4.78, 5) is 3.60. The Hall–Kier alpha value is -3.70. The highest BCUT2D eigenvalue weighted by molar-refractivity contribution is 6.30. The number of fused-ring (bicyclic) bond motifs is 6. The number of aliphatic hydroxyl groups excluding tert-OH is 1. The van der Waals surface area contributed by atoms with Crippen LogP contribution in [-0.4, -0.2) is 32.6 Å². The van der Waals surface area contributed by atoms with Crippen LogP contribution in [0.1, 0.15) is 30.9 Å². The molecule has 2 aliphatic rings. The van der Waals surface area contributed by atoms with Crippen molar-refractivity contribution >= 4 is 28.1 Å². The molecule has 3 atom stereocenters. The number of halogens is 1. The maximum atomic E-state index is 11.5. The number of rotatable bonds is 5. The van der Waals surface area contributed by atoms with E-state index in [1.54, 1.807) is 43.3 Å². The number of aromatic hydroxyl groups is 2.